The highest BCUT2D eigenvalue weighted by Gasteiger charge is 2.39. The molecule has 4 aliphatic rings. The predicted octanol–water partition coefficient (Wildman–Crippen LogP) is 5.75. The van der Waals surface area contributed by atoms with Gasteiger partial charge in [0.15, 0.2) is 5.82 Å². The number of imide groups is 1. The highest BCUT2D eigenvalue weighted by atomic mass is 32.2. The van der Waals surface area contributed by atoms with Crippen molar-refractivity contribution >= 4 is 44.8 Å². The molecule has 3 saturated heterocycles. The fourth-order valence-electron chi connectivity index (χ4n) is 8.95. The van der Waals surface area contributed by atoms with E-state index >= 15 is 0 Å². The van der Waals surface area contributed by atoms with Crippen LogP contribution in [0.2, 0.25) is 0 Å². The van der Waals surface area contributed by atoms with E-state index in [9.17, 15) is 28.1 Å². The van der Waals surface area contributed by atoms with Gasteiger partial charge in [0.25, 0.3) is 0 Å². The summed E-state index contributed by atoms with van der Waals surface area (Å²) in [6.07, 6.45) is 7.41. The van der Waals surface area contributed by atoms with Crippen molar-refractivity contribution in [3.05, 3.63) is 53.1 Å². The number of nitriles is 1. The molecule has 2 aromatic carbocycles. The number of aromatic nitrogens is 2. The van der Waals surface area contributed by atoms with Gasteiger partial charge in [-0.3, -0.25) is 24.6 Å². The highest BCUT2D eigenvalue weighted by Crippen LogP contribution is 2.49. The molecule has 0 radical (unpaired) electrons. The van der Waals surface area contributed by atoms with E-state index in [-0.39, 0.29) is 42.4 Å². The van der Waals surface area contributed by atoms with E-state index in [0.29, 0.717) is 47.7 Å². The van der Waals surface area contributed by atoms with Crippen LogP contribution in [0, 0.1) is 28.6 Å². The summed E-state index contributed by atoms with van der Waals surface area (Å²) < 4.78 is 36.0. The molecular weight excluding hydrogens is 757 g/mol. The molecule has 1 aliphatic carbocycles. The molecule has 1 unspecified atom stereocenters. The van der Waals surface area contributed by atoms with Crippen LogP contribution in [0.5, 0.6) is 0 Å². The molecule has 3 aliphatic heterocycles. The minimum atomic E-state index is -3.83. The molecule has 4 fully saturated rings. The Labute approximate surface area is 341 Å². The zero-order valence-electron chi connectivity index (χ0n) is 34.1. The van der Waals surface area contributed by atoms with Gasteiger partial charge >= 0.3 is 12.1 Å². The number of amides is 4. The second-order valence-corrected chi connectivity index (χ2v) is 19.3. The van der Waals surface area contributed by atoms with Crippen molar-refractivity contribution in [2.24, 2.45) is 12.5 Å². The maximum absolute atomic E-state index is 13.7. The average molecular weight is 811 g/mol. The van der Waals surface area contributed by atoms with E-state index in [1.807, 2.05) is 11.7 Å². The fourth-order valence-corrected chi connectivity index (χ4v) is 10.4. The summed E-state index contributed by atoms with van der Waals surface area (Å²) in [5, 5.41) is 20.6. The summed E-state index contributed by atoms with van der Waals surface area (Å²) in [5.74, 6) is 7.25. The second kappa shape index (κ2) is 16.4. The molecule has 4 heterocycles. The Hall–Kier alpha value is -4.96. The number of urea groups is 1. The molecular formula is C43H54N8O6S. The smallest absolute Gasteiger partial charge is 0.407 e. The van der Waals surface area contributed by atoms with Gasteiger partial charge in [0, 0.05) is 50.1 Å². The Morgan fingerprint density at radius 1 is 0.983 bits per heavy atom. The van der Waals surface area contributed by atoms with Crippen LogP contribution < -0.4 is 15.5 Å². The average Bonchev–Trinajstić information content (AvgIpc) is 3.51. The molecule has 3 aromatic rings. The van der Waals surface area contributed by atoms with Crippen LogP contribution >= 0.6 is 0 Å². The monoisotopic (exact) mass is 810 g/mol. The summed E-state index contributed by atoms with van der Waals surface area (Å²) in [5.41, 5.74) is 2.69. The lowest BCUT2D eigenvalue weighted by molar-refractivity contribution is -0.120. The molecule has 4 amide bonds. The van der Waals surface area contributed by atoms with Crippen molar-refractivity contribution in [2.75, 3.05) is 37.6 Å². The molecule has 58 heavy (non-hydrogen) atoms. The van der Waals surface area contributed by atoms with Crippen molar-refractivity contribution in [2.45, 2.75) is 114 Å². The number of piperidine rings is 2. The van der Waals surface area contributed by atoms with Gasteiger partial charge in [-0.1, -0.05) is 17.9 Å². The zero-order valence-corrected chi connectivity index (χ0v) is 35.0. The molecule has 308 valence electrons. The summed E-state index contributed by atoms with van der Waals surface area (Å²) >= 11 is 0. The van der Waals surface area contributed by atoms with Gasteiger partial charge in [-0.2, -0.15) is 14.7 Å². The lowest BCUT2D eigenvalue weighted by Gasteiger charge is -2.47. The van der Waals surface area contributed by atoms with E-state index in [2.05, 4.69) is 63.7 Å². The number of ether oxygens (including phenoxy) is 1. The first-order chi connectivity index (χ1) is 27.5. The summed E-state index contributed by atoms with van der Waals surface area (Å²) in [7, 11) is -1.94. The number of benzene rings is 2. The van der Waals surface area contributed by atoms with Crippen LogP contribution in [-0.2, 0) is 26.6 Å². The third-order valence-electron chi connectivity index (χ3n) is 12.4. The van der Waals surface area contributed by atoms with Gasteiger partial charge in [-0.25, -0.2) is 18.0 Å². The molecule has 7 rings (SSSR count). The number of fused-ring (bicyclic) bond motifs is 1. The second-order valence-electron chi connectivity index (χ2n) is 17.4. The van der Waals surface area contributed by atoms with Crippen molar-refractivity contribution < 1.29 is 27.5 Å². The van der Waals surface area contributed by atoms with Crippen LogP contribution in [0.15, 0.2) is 41.3 Å². The van der Waals surface area contributed by atoms with Crippen molar-refractivity contribution in [3.8, 4) is 17.9 Å². The van der Waals surface area contributed by atoms with Gasteiger partial charge < -0.3 is 10.1 Å². The highest BCUT2D eigenvalue weighted by molar-refractivity contribution is 7.89. The molecule has 1 aromatic heterocycles. The first-order valence-electron chi connectivity index (χ1n) is 20.4. The van der Waals surface area contributed by atoms with E-state index in [0.717, 1.165) is 62.5 Å². The standard InChI is InChI=1S/C43H54N8O6S/c1-29(6-7-31-26-35(10-8-33(31)28-44)58(55,56)50-21-14-34(15-22-50)45-41(54)57-42(2,3)4)49-24-19-43(20-25-49)17-12-30(13-18-43)32-9-11-36-37(27-32)48(5)47-39(36)51-23-16-38(52)46-40(51)53/h8-11,26-27,29-30,34H,12-25H2,1-5H3,(H,45,54)(H,46,52,53). The van der Waals surface area contributed by atoms with E-state index in [1.54, 1.807) is 25.7 Å². The molecule has 0 bridgehead atoms. The van der Waals surface area contributed by atoms with Crippen LogP contribution in [0.3, 0.4) is 0 Å². The molecule has 2 N–H and O–H groups in total. The Morgan fingerprint density at radius 2 is 1.69 bits per heavy atom. The number of hydrogen-bond donors (Lipinski definition) is 2. The Balaban J connectivity index is 0.932. The number of nitrogens with one attached hydrogen (secondary N) is 2. The largest absolute Gasteiger partial charge is 0.444 e. The number of rotatable bonds is 6. The van der Waals surface area contributed by atoms with E-state index < -0.39 is 27.7 Å². The maximum Gasteiger partial charge on any atom is 0.407 e. The first kappa shape index (κ1) is 41.2. The Bertz CT molecular complexity index is 2290. The van der Waals surface area contributed by atoms with Gasteiger partial charge in [-0.05, 0) is 139 Å². The summed E-state index contributed by atoms with van der Waals surface area (Å²) in [6.45, 7) is 10.1. The number of alkyl carbamates (subject to hydrolysis) is 1. The SMILES string of the molecule is CC(C#Cc1cc(S(=O)(=O)N2CCC(NC(=O)OC(C)(C)C)CC2)ccc1C#N)N1CCC2(CCC(c3ccc4c(N5CCC(=O)NC5=O)nn(C)c4c3)CC2)CC1. The van der Waals surface area contributed by atoms with Gasteiger partial charge in [0.05, 0.1) is 22.0 Å². The van der Waals surface area contributed by atoms with Gasteiger partial charge in [-0.15, -0.1) is 0 Å². The minimum absolute atomic E-state index is 0.0657. The van der Waals surface area contributed by atoms with Crippen molar-refractivity contribution in [1.29, 1.82) is 5.26 Å². The minimum Gasteiger partial charge on any atom is -0.444 e. The molecule has 15 heteroatoms. The number of carbonyl (C=O) groups is 3. The number of carbonyl (C=O) groups excluding carboxylic acids is 3. The normalized spacial score (nSPS) is 20.6. The summed E-state index contributed by atoms with van der Waals surface area (Å²) in [6, 6.07) is 12.5. The molecule has 1 saturated carbocycles. The van der Waals surface area contributed by atoms with Gasteiger partial charge in [0.1, 0.15) is 11.7 Å². The number of hydrogen-bond acceptors (Lipinski definition) is 9. The molecule has 1 spiro atoms. The van der Waals surface area contributed by atoms with Gasteiger partial charge in [0.2, 0.25) is 15.9 Å². The predicted molar refractivity (Wildman–Crippen MR) is 219 cm³/mol. The van der Waals surface area contributed by atoms with E-state index in [4.69, 9.17) is 4.74 Å². The Kier molecular flexibility index (Phi) is 11.6. The number of aryl methyl sites for hydroxylation is 1. The van der Waals surface area contributed by atoms with Crippen LogP contribution in [-0.4, -0.2) is 95.8 Å². The molecule has 1 atom stereocenters. The summed E-state index contributed by atoms with van der Waals surface area (Å²) in [4.78, 5) is 40.5. The fraction of sp³-hybridized carbons (Fsp3) is 0.558. The number of likely N-dealkylation sites (tertiary alicyclic amines) is 1. The molecule has 14 nitrogen and oxygen atoms in total. The van der Waals surface area contributed by atoms with E-state index in [1.165, 1.54) is 28.1 Å². The van der Waals surface area contributed by atoms with Crippen LogP contribution in [0.25, 0.3) is 10.9 Å². The lowest BCUT2D eigenvalue weighted by Crippen LogP contribution is -2.49. The maximum atomic E-state index is 13.7. The van der Waals surface area contributed by atoms with Crippen molar-refractivity contribution in [1.82, 2.24) is 29.6 Å². The van der Waals surface area contributed by atoms with Crippen LogP contribution in [0.1, 0.15) is 108 Å². The topological polar surface area (TPSA) is 170 Å². The third kappa shape index (κ3) is 8.87. The zero-order chi connectivity index (χ0) is 41.4. The van der Waals surface area contributed by atoms with Crippen LogP contribution in [0.4, 0.5) is 15.4 Å². The number of nitrogens with zero attached hydrogens (tertiary/aromatic N) is 6. The Morgan fingerprint density at radius 3 is 2.34 bits per heavy atom. The third-order valence-corrected chi connectivity index (χ3v) is 14.3. The lowest BCUT2D eigenvalue weighted by atomic mass is 9.64. The number of sulfonamides is 1. The first-order valence-corrected chi connectivity index (χ1v) is 21.9. The quantitative estimate of drug-likeness (QED) is 0.295. The number of anilines is 1. The van der Waals surface area contributed by atoms with Crippen molar-refractivity contribution in [3.63, 3.8) is 0 Å².